The van der Waals surface area contributed by atoms with Gasteiger partial charge < -0.3 is 14.9 Å². The summed E-state index contributed by atoms with van der Waals surface area (Å²) in [5.41, 5.74) is 0.893. The zero-order valence-electron chi connectivity index (χ0n) is 21.6. The van der Waals surface area contributed by atoms with Gasteiger partial charge in [0.1, 0.15) is 18.2 Å². The number of Topliss-reactive ketones (excluding diaryl/α,β-unsaturated/α-hetero) is 1. The standard InChI is InChI=1S/C27H39NO6S/c1-16-8-7-9-20(14-29)10-11-22(17(2)12-21-15-35-19(4)28-21)34-24(31)13-23(30)27(5,6)26(33)18(3)25(16)32/h10,12,14-16,18,22-23,25,30,32H,7-9,11,13H2,1-6H3/b17-12+,20-10+/t16?,18?,22-,23?,25-/m0/s1. The highest BCUT2D eigenvalue weighted by molar-refractivity contribution is 7.09. The van der Waals surface area contributed by atoms with E-state index in [1.165, 1.54) is 11.3 Å². The van der Waals surface area contributed by atoms with Crippen molar-refractivity contribution in [3.63, 3.8) is 0 Å². The number of cyclic esters (lactones) is 1. The zero-order chi connectivity index (χ0) is 26.3. The van der Waals surface area contributed by atoms with E-state index < -0.39 is 35.6 Å². The average Bonchev–Trinajstić information content (AvgIpc) is 3.21. The topological polar surface area (TPSA) is 114 Å². The van der Waals surface area contributed by atoms with Crippen molar-refractivity contribution in [1.82, 2.24) is 4.98 Å². The first-order chi connectivity index (χ1) is 16.4. The quantitative estimate of drug-likeness (QED) is 0.461. The van der Waals surface area contributed by atoms with E-state index in [1.807, 2.05) is 32.2 Å². The molecule has 7 nitrogen and oxygen atoms in total. The Hall–Kier alpha value is -2.16. The molecule has 0 radical (unpaired) electrons. The summed E-state index contributed by atoms with van der Waals surface area (Å²) in [5.74, 6) is -1.81. The normalized spacial score (nSPS) is 31.4. The highest BCUT2D eigenvalue weighted by atomic mass is 32.1. The van der Waals surface area contributed by atoms with Crippen molar-refractivity contribution >= 4 is 35.5 Å². The minimum Gasteiger partial charge on any atom is -0.457 e. The molecule has 1 aliphatic heterocycles. The molecule has 1 aliphatic rings. The summed E-state index contributed by atoms with van der Waals surface area (Å²) >= 11 is 1.52. The van der Waals surface area contributed by atoms with E-state index in [-0.39, 0.29) is 18.1 Å². The molecule has 0 saturated carbocycles. The third-order valence-corrected chi connectivity index (χ3v) is 7.79. The number of hydrogen-bond donors (Lipinski definition) is 2. The minimum atomic E-state index is -1.27. The Bertz CT molecular complexity index is 963. The maximum absolute atomic E-state index is 13.2. The number of ketones is 1. The molecule has 0 amide bonds. The van der Waals surface area contributed by atoms with Crippen LogP contribution in [-0.4, -0.2) is 51.5 Å². The van der Waals surface area contributed by atoms with E-state index in [9.17, 15) is 24.6 Å². The van der Waals surface area contributed by atoms with Gasteiger partial charge in [-0.15, -0.1) is 11.3 Å². The van der Waals surface area contributed by atoms with Gasteiger partial charge in [-0.1, -0.05) is 33.8 Å². The molecule has 0 fully saturated rings. The first-order valence-corrected chi connectivity index (χ1v) is 13.1. The number of aldehydes is 1. The van der Waals surface area contributed by atoms with Crippen LogP contribution in [0.3, 0.4) is 0 Å². The number of carbonyl (C=O) groups is 3. The van der Waals surface area contributed by atoms with Gasteiger partial charge >= 0.3 is 5.97 Å². The van der Waals surface area contributed by atoms with Crippen LogP contribution in [0.25, 0.3) is 6.08 Å². The van der Waals surface area contributed by atoms with Crippen LogP contribution in [0, 0.1) is 24.2 Å². The molecule has 0 bridgehead atoms. The van der Waals surface area contributed by atoms with Crippen molar-refractivity contribution in [2.24, 2.45) is 17.3 Å². The number of aliphatic hydroxyl groups is 2. The first kappa shape index (κ1) is 29.1. The Kier molecular flexibility index (Phi) is 10.5. The molecule has 194 valence electrons. The molecule has 2 N–H and O–H groups in total. The predicted octanol–water partition coefficient (Wildman–Crippen LogP) is 4.45. The summed E-state index contributed by atoms with van der Waals surface area (Å²) < 4.78 is 5.74. The number of carbonyl (C=O) groups excluding carboxylic acids is 3. The number of hydrogen-bond acceptors (Lipinski definition) is 8. The van der Waals surface area contributed by atoms with Gasteiger partial charge in [0.15, 0.2) is 0 Å². The SMILES string of the molecule is C/C(=C\c1csc(C)n1)[C@@H]1C/C=C(/C=O)CCCC(C)[C@H](O)C(C)C(=O)C(C)(C)C(O)CC(=O)O1. The van der Waals surface area contributed by atoms with Crippen molar-refractivity contribution in [1.29, 1.82) is 0 Å². The first-order valence-electron chi connectivity index (χ1n) is 12.2. The summed E-state index contributed by atoms with van der Waals surface area (Å²) in [6.45, 7) is 10.5. The Morgan fingerprint density at radius 1 is 1.26 bits per heavy atom. The van der Waals surface area contributed by atoms with Crippen LogP contribution in [0.5, 0.6) is 0 Å². The van der Waals surface area contributed by atoms with E-state index >= 15 is 0 Å². The summed E-state index contributed by atoms with van der Waals surface area (Å²) in [4.78, 5) is 42.1. The second kappa shape index (κ2) is 12.7. The summed E-state index contributed by atoms with van der Waals surface area (Å²) in [5, 5.41) is 24.4. The molecule has 0 aromatic carbocycles. The highest BCUT2D eigenvalue weighted by Crippen LogP contribution is 2.32. The number of thiazole rings is 1. The number of allylic oxidation sites excluding steroid dienone is 1. The molecule has 1 aromatic heterocycles. The van der Waals surface area contributed by atoms with Crippen LogP contribution >= 0.6 is 11.3 Å². The van der Waals surface area contributed by atoms with Crippen molar-refractivity contribution < 1.29 is 29.3 Å². The molecular formula is C27H39NO6S. The molecule has 8 heteroatoms. The fourth-order valence-electron chi connectivity index (χ4n) is 4.38. The smallest absolute Gasteiger partial charge is 0.309 e. The highest BCUT2D eigenvalue weighted by Gasteiger charge is 2.42. The lowest BCUT2D eigenvalue weighted by atomic mass is 9.73. The zero-order valence-corrected chi connectivity index (χ0v) is 22.4. The van der Waals surface area contributed by atoms with E-state index in [1.54, 1.807) is 26.8 Å². The van der Waals surface area contributed by atoms with E-state index in [2.05, 4.69) is 4.98 Å². The van der Waals surface area contributed by atoms with Gasteiger partial charge in [-0.2, -0.15) is 0 Å². The van der Waals surface area contributed by atoms with Crippen LogP contribution in [0.2, 0.25) is 0 Å². The van der Waals surface area contributed by atoms with Crippen molar-refractivity contribution in [3.05, 3.63) is 33.3 Å². The summed E-state index contributed by atoms with van der Waals surface area (Å²) in [6, 6.07) is 0. The molecule has 1 aromatic rings. The Balaban J connectivity index is 2.37. The van der Waals surface area contributed by atoms with Gasteiger partial charge in [0.25, 0.3) is 0 Å². The van der Waals surface area contributed by atoms with Gasteiger partial charge in [0, 0.05) is 17.7 Å². The van der Waals surface area contributed by atoms with Crippen LogP contribution in [0.4, 0.5) is 0 Å². The second-order valence-corrected chi connectivity index (χ2v) is 11.3. The third kappa shape index (κ3) is 7.92. The molecule has 0 spiro atoms. The Morgan fingerprint density at radius 2 is 1.94 bits per heavy atom. The summed E-state index contributed by atoms with van der Waals surface area (Å²) in [6.07, 6.45) is 3.44. The molecule has 0 aliphatic carbocycles. The number of esters is 1. The van der Waals surface area contributed by atoms with Gasteiger partial charge in [-0.25, -0.2) is 4.98 Å². The Morgan fingerprint density at radius 3 is 2.54 bits per heavy atom. The minimum absolute atomic E-state index is 0.160. The number of aryl methyl sites for hydroxylation is 1. The fraction of sp³-hybridized carbons (Fsp3) is 0.630. The molecule has 2 rings (SSSR count). The lowest BCUT2D eigenvalue weighted by Gasteiger charge is -2.34. The van der Waals surface area contributed by atoms with E-state index in [0.29, 0.717) is 31.3 Å². The van der Waals surface area contributed by atoms with Crippen LogP contribution in [0.15, 0.2) is 22.6 Å². The molecule has 5 atom stereocenters. The number of rotatable bonds is 3. The molecule has 3 unspecified atom stereocenters. The average molecular weight is 506 g/mol. The van der Waals surface area contributed by atoms with Gasteiger partial charge in [0.2, 0.25) is 0 Å². The largest absolute Gasteiger partial charge is 0.457 e. The van der Waals surface area contributed by atoms with Gasteiger partial charge in [-0.05, 0) is 56.3 Å². The van der Waals surface area contributed by atoms with Crippen LogP contribution in [0.1, 0.15) is 77.4 Å². The molecule has 2 heterocycles. The number of aromatic nitrogens is 1. The maximum Gasteiger partial charge on any atom is 0.309 e. The number of aliphatic hydroxyl groups excluding tert-OH is 2. The number of nitrogens with zero attached hydrogens (tertiary/aromatic N) is 1. The van der Waals surface area contributed by atoms with Crippen LogP contribution < -0.4 is 0 Å². The van der Waals surface area contributed by atoms with Gasteiger partial charge in [0.05, 0.1) is 34.7 Å². The lowest BCUT2D eigenvalue weighted by molar-refractivity contribution is -0.154. The van der Waals surface area contributed by atoms with Gasteiger partial charge in [-0.3, -0.25) is 14.4 Å². The second-order valence-electron chi connectivity index (χ2n) is 10.2. The monoisotopic (exact) mass is 505 g/mol. The predicted molar refractivity (Wildman–Crippen MR) is 137 cm³/mol. The van der Waals surface area contributed by atoms with Crippen molar-refractivity contribution in [3.8, 4) is 0 Å². The lowest BCUT2D eigenvalue weighted by Crippen LogP contribution is -2.45. The van der Waals surface area contributed by atoms with Crippen LogP contribution in [-0.2, 0) is 19.1 Å². The van der Waals surface area contributed by atoms with E-state index in [4.69, 9.17) is 4.74 Å². The van der Waals surface area contributed by atoms with Crippen molar-refractivity contribution in [2.75, 3.05) is 0 Å². The molecule has 0 saturated heterocycles. The Labute approximate surface area is 212 Å². The molecule has 35 heavy (non-hydrogen) atoms. The van der Waals surface area contributed by atoms with Crippen molar-refractivity contribution in [2.45, 2.75) is 92.0 Å². The third-order valence-electron chi connectivity index (χ3n) is 7.00. The molecular weight excluding hydrogens is 466 g/mol. The fourth-order valence-corrected chi connectivity index (χ4v) is 4.95. The summed E-state index contributed by atoms with van der Waals surface area (Å²) in [7, 11) is 0. The van der Waals surface area contributed by atoms with E-state index in [0.717, 1.165) is 22.6 Å². The number of ether oxygens (including phenoxy) is 1. The maximum atomic E-state index is 13.2.